The highest BCUT2D eigenvalue weighted by atomic mass is 16.5. The average molecular weight is 254 g/mol. The number of para-hydroxylation sites is 1. The third-order valence-electron chi connectivity index (χ3n) is 3.56. The number of nitrogens with zero attached hydrogens (tertiary/aromatic N) is 3. The van der Waals surface area contributed by atoms with Crippen molar-refractivity contribution in [2.45, 2.75) is 0 Å². The number of hydrogen-bond donors (Lipinski definition) is 1. The van der Waals surface area contributed by atoms with Crippen LogP contribution in [0.25, 0.3) is 22.4 Å². The molecule has 0 atom stereocenters. The normalized spacial score (nSPS) is 16.3. The van der Waals surface area contributed by atoms with E-state index in [2.05, 4.69) is 15.4 Å². The monoisotopic (exact) mass is 254 g/mol. The van der Waals surface area contributed by atoms with Crippen molar-refractivity contribution in [2.75, 3.05) is 31.1 Å². The fourth-order valence-electron chi connectivity index (χ4n) is 2.56. The summed E-state index contributed by atoms with van der Waals surface area (Å²) in [6.07, 6.45) is 0. The van der Waals surface area contributed by atoms with E-state index in [-0.39, 0.29) is 0 Å². The average Bonchev–Trinajstić information content (AvgIpc) is 2.93. The smallest absolute Gasteiger partial charge is 0.167 e. The first-order valence-electron chi connectivity index (χ1n) is 6.53. The first-order valence-corrected chi connectivity index (χ1v) is 6.53. The van der Waals surface area contributed by atoms with Crippen LogP contribution in [-0.2, 0) is 0 Å². The highest BCUT2D eigenvalue weighted by molar-refractivity contribution is 5.92. The summed E-state index contributed by atoms with van der Waals surface area (Å²) in [5, 5.41) is 8.51. The minimum absolute atomic E-state index is 0.778. The number of piperazine rings is 1. The predicted octanol–water partition coefficient (Wildman–Crippen LogP) is 1.74. The molecule has 1 saturated heterocycles. The number of benzene rings is 1. The zero-order valence-electron chi connectivity index (χ0n) is 10.5. The SMILES string of the molecule is c1ccc2c3nc(N4CCNCC4)cc-3noc2c1. The van der Waals surface area contributed by atoms with Gasteiger partial charge in [-0.05, 0) is 12.1 Å². The Labute approximate surface area is 110 Å². The van der Waals surface area contributed by atoms with Gasteiger partial charge < -0.3 is 14.7 Å². The zero-order chi connectivity index (χ0) is 12.7. The molecule has 0 unspecified atom stereocenters. The Morgan fingerprint density at radius 3 is 2.89 bits per heavy atom. The van der Waals surface area contributed by atoms with Gasteiger partial charge in [0.25, 0.3) is 0 Å². The summed E-state index contributed by atoms with van der Waals surface area (Å²) in [6.45, 7) is 3.97. The number of anilines is 1. The van der Waals surface area contributed by atoms with E-state index in [9.17, 15) is 0 Å². The van der Waals surface area contributed by atoms with E-state index in [0.717, 1.165) is 54.4 Å². The molecule has 0 spiro atoms. The fourth-order valence-corrected chi connectivity index (χ4v) is 2.56. The molecule has 1 aromatic carbocycles. The number of nitrogens with one attached hydrogen (secondary N) is 1. The fraction of sp³-hybridized carbons (Fsp3) is 0.286. The van der Waals surface area contributed by atoms with Crippen LogP contribution in [-0.4, -0.2) is 36.3 Å². The van der Waals surface area contributed by atoms with Crippen molar-refractivity contribution in [1.82, 2.24) is 15.5 Å². The number of rotatable bonds is 1. The molecule has 1 aromatic rings. The first-order chi connectivity index (χ1) is 9.42. The summed E-state index contributed by atoms with van der Waals surface area (Å²) >= 11 is 0. The molecule has 0 saturated carbocycles. The summed E-state index contributed by atoms with van der Waals surface area (Å²) < 4.78 is 5.40. The molecule has 0 aromatic heterocycles. The molecule has 96 valence electrons. The standard InChI is InChI=1S/C14H14N4O/c1-2-4-12-10(3-1)14-11(17-19-12)9-13(16-14)18-7-5-15-6-8-18/h1-4,9,15H,5-8H2. The van der Waals surface area contributed by atoms with Crippen LogP contribution in [0.5, 0.6) is 0 Å². The molecule has 0 amide bonds. The molecule has 0 aliphatic carbocycles. The lowest BCUT2D eigenvalue weighted by atomic mass is 10.2. The molecule has 19 heavy (non-hydrogen) atoms. The van der Waals surface area contributed by atoms with Crippen LogP contribution in [0.4, 0.5) is 5.82 Å². The van der Waals surface area contributed by atoms with Gasteiger partial charge in [0.15, 0.2) is 5.58 Å². The van der Waals surface area contributed by atoms with E-state index in [0.29, 0.717) is 0 Å². The van der Waals surface area contributed by atoms with Gasteiger partial charge in [0.1, 0.15) is 17.2 Å². The van der Waals surface area contributed by atoms with E-state index in [1.54, 1.807) is 0 Å². The molecule has 3 aliphatic rings. The largest absolute Gasteiger partial charge is 0.356 e. The highest BCUT2D eigenvalue weighted by Crippen LogP contribution is 2.31. The van der Waals surface area contributed by atoms with Gasteiger partial charge in [-0.15, -0.1) is 0 Å². The van der Waals surface area contributed by atoms with Crippen LogP contribution in [0.15, 0.2) is 34.9 Å². The molecule has 1 fully saturated rings. The minimum atomic E-state index is 0.778. The van der Waals surface area contributed by atoms with E-state index < -0.39 is 0 Å². The van der Waals surface area contributed by atoms with Gasteiger partial charge in [-0.2, -0.15) is 0 Å². The summed E-state index contributed by atoms with van der Waals surface area (Å²) in [6, 6.07) is 9.89. The van der Waals surface area contributed by atoms with Crippen molar-refractivity contribution in [3.8, 4) is 11.4 Å². The first kappa shape index (κ1) is 10.8. The lowest BCUT2D eigenvalue weighted by Gasteiger charge is -2.27. The van der Waals surface area contributed by atoms with E-state index in [1.165, 1.54) is 0 Å². The second-order valence-electron chi connectivity index (χ2n) is 4.76. The Morgan fingerprint density at radius 2 is 2.00 bits per heavy atom. The molecule has 4 rings (SSSR count). The van der Waals surface area contributed by atoms with Crippen LogP contribution in [0.3, 0.4) is 0 Å². The molecule has 3 aliphatic heterocycles. The number of fused-ring (bicyclic) bond motifs is 3. The lowest BCUT2D eigenvalue weighted by molar-refractivity contribution is 0.446. The minimum Gasteiger partial charge on any atom is -0.356 e. The van der Waals surface area contributed by atoms with Gasteiger partial charge in [-0.25, -0.2) is 4.98 Å². The Morgan fingerprint density at radius 1 is 1.16 bits per heavy atom. The third kappa shape index (κ3) is 1.74. The van der Waals surface area contributed by atoms with E-state index in [1.807, 2.05) is 30.3 Å². The van der Waals surface area contributed by atoms with Crippen LogP contribution >= 0.6 is 0 Å². The molecule has 0 bridgehead atoms. The second-order valence-corrected chi connectivity index (χ2v) is 4.76. The van der Waals surface area contributed by atoms with Crippen molar-refractivity contribution in [3.63, 3.8) is 0 Å². The van der Waals surface area contributed by atoms with Crippen molar-refractivity contribution in [1.29, 1.82) is 0 Å². The molecule has 3 heterocycles. The molecule has 0 radical (unpaired) electrons. The van der Waals surface area contributed by atoms with Crippen molar-refractivity contribution in [3.05, 3.63) is 30.3 Å². The molecule has 1 N–H and O–H groups in total. The summed E-state index contributed by atoms with van der Waals surface area (Å²) in [5.74, 6) is 0.996. The molecule has 5 nitrogen and oxygen atoms in total. The van der Waals surface area contributed by atoms with Crippen molar-refractivity contribution < 1.29 is 4.52 Å². The Kier molecular flexibility index (Phi) is 2.38. The summed E-state index contributed by atoms with van der Waals surface area (Å²) in [4.78, 5) is 7.02. The number of aromatic nitrogens is 2. The Bertz CT molecular complexity index is 687. The van der Waals surface area contributed by atoms with Crippen LogP contribution in [0, 0.1) is 0 Å². The van der Waals surface area contributed by atoms with Crippen molar-refractivity contribution in [2.24, 2.45) is 0 Å². The quantitative estimate of drug-likeness (QED) is 0.717. The van der Waals surface area contributed by atoms with Gasteiger partial charge >= 0.3 is 0 Å². The van der Waals surface area contributed by atoms with Crippen LogP contribution in [0.2, 0.25) is 0 Å². The predicted molar refractivity (Wildman–Crippen MR) is 73.5 cm³/mol. The van der Waals surface area contributed by atoms with Gasteiger partial charge in [0.05, 0.1) is 0 Å². The summed E-state index contributed by atoms with van der Waals surface area (Å²) in [7, 11) is 0. The van der Waals surface area contributed by atoms with Crippen LogP contribution < -0.4 is 10.2 Å². The highest BCUT2D eigenvalue weighted by Gasteiger charge is 2.20. The maximum absolute atomic E-state index is 5.40. The second kappa shape index (κ2) is 4.20. The van der Waals surface area contributed by atoms with Crippen molar-refractivity contribution >= 4 is 16.8 Å². The van der Waals surface area contributed by atoms with E-state index >= 15 is 0 Å². The van der Waals surface area contributed by atoms with E-state index in [4.69, 9.17) is 9.51 Å². The third-order valence-corrected chi connectivity index (χ3v) is 3.56. The molecular formula is C14H14N4O. The summed E-state index contributed by atoms with van der Waals surface area (Å²) in [5.41, 5.74) is 2.53. The van der Waals surface area contributed by atoms with Gasteiger partial charge in [-0.3, -0.25) is 0 Å². The van der Waals surface area contributed by atoms with Gasteiger partial charge in [0.2, 0.25) is 0 Å². The Balaban J connectivity index is 1.86. The number of hydrogen-bond acceptors (Lipinski definition) is 5. The Hall–Kier alpha value is -2.14. The zero-order valence-corrected chi connectivity index (χ0v) is 10.5. The maximum atomic E-state index is 5.40. The maximum Gasteiger partial charge on any atom is 0.167 e. The lowest BCUT2D eigenvalue weighted by Crippen LogP contribution is -2.43. The molecular weight excluding hydrogens is 240 g/mol. The van der Waals surface area contributed by atoms with Crippen LogP contribution in [0.1, 0.15) is 0 Å². The van der Waals surface area contributed by atoms with Gasteiger partial charge in [0, 0.05) is 37.6 Å². The topological polar surface area (TPSA) is 54.2 Å². The molecule has 5 heteroatoms. The van der Waals surface area contributed by atoms with Gasteiger partial charge in [-0.1, -0.05) is 17.3 Å².